The Morgan fingerprint density at radius 3 is 2.74 bits per heavy atom. The Morgan fingerprint density at radius 1 is 1.16 bits per heavy atom. The predicted octanol–water partition coefficient (Wildman–Crippen LogP) is 6.88. The molecule has 1 aliphatic heterocycles. The summed E-state index contributed by atoms with van der Waals surface area (Å²) in [6.07, 6.45) is 13.9. The van der Waals surface area contributed by atoms with E-state index < -0.39 is 12.2 Å². The minimum Gasteiger partial charge on any atom is -0.491 e. The van der Waals surface area contributed by atoms with Crippen LogP contribution in [0.1, 0.15) is 69.1 Å². The molecule has 1 heterocycles. The summed E-state index contributed by atoms with van der Waals surface area (Å²) in [5.74, 6) is 0.760. The number of hydrogen-bond donors (Lipinski definition) is 2. The van der Waals surface area contributed by atoms with Gasteiger partial charge in [0.15, 0.2) is 0 Å². The van der Waals surface area contributed by atoms with Crippen molar-refractivity contribution < 1.29 is 24.1 Å². The van der Waals surface area contributed by atoms with E-state index in [1.807, 2.05) is 69.4 Å². The molecule has 2 aromatic carbocycles. The van der Waals surface area contributed by atoms with Gasteiger partial charge in [-0.3, -0.25) is 4.99 Å². The van der Waals surface area contributed by atoms with Gasteiger partial charge in [-0.1, -0.05) is 60.7 Å². The van der Waals surface area contributed by atoms with Crippen molar-refractivity contribution in [1.82, 2.24) is 5.32 Å². The Kier molecular flexibility index (Phi) is 12.6. The van der Waals surface area contributed by atoms with Gasteiger partial charge in [0.2, 0.25) is 0 Å². The number of alkyl carbamates (subject to hydrolysis) is 1. The van der Waals surface area contributed by atoms with E-state index >= 15 is 0 Å². The van der Waals surface area contributed by atoms with Crippen molar-refractivity contribution in [3.05, 3.63) is 101 Å². The van der Waals surface area contributed by atoms with Crippen LogP contribution in [0.15, 0.2) is 89.0 Å². The SMILES string of the molecule is C/N=C(C1=C\CC\C(C(C)O)=C/C=C\1)\c1cc(O[C@H](C)CCNC(=O)OCc2ccccc2)ccc1CC1CCCCO1. The van der Waals surface area contributed by atoms with E-state index in [2.05, 4.69) is 29.6 Å². The van der Waals surface area contributed by atoms with E-state index in [1.54, 1.807) is 0 Å². The quantitative estimate of drug-likeness (QED) is 0.265. The van der Waals surface area contributed by atoms with Crippen LogP contribution >= 0.6 is 0 Å². The smallest absolute Gasteiger partial charge is 0.407 e. The van der Waals surface area contributed by atoms with Gasteiger partial charge in [0, 0.05) is 32.2 Å². The highest BCUT2D eigenvalue weighted by Crippen LogP contribution is 2.28. The normalized spacial score (nSPS) is 22.0. The van der Waals surface area contributed by atoms with Gasteiger partial charge in [0.1, 0.15) is 12.4 Å². The van der Waals surface area contributed by atoms with Crippen LogP contribution in [-0.4, -0.2) is 55.4 Å². The van der Waals surface area contributed by atoms with E-state index in [-0.39, 0.29) is 18.8 Å². The summed E-state index contributed by atoms with van der Waals surface area (Å²) in [7, 11) is 1.83. The first-order valence-corrected chi connectivity index (χ1v) is 15.5. The van der Waals surface area contributed by atoms with Crippen molar-refractivity contribution >= 4 is 11.8 Å². The molecule has 1 fully saturated rings. The Hall–Kier alpha value is -3.68. The molecule has 1 amide bonds. The van der Waals surface area contributed by atoms with E-state index in [0.717, 1.165) is 72.4 Å². The summed E-state index contributed by atoms with van der Waals surface area (Å²) in [6.45, 7) is 5.31. The number of rotatable bonds is 12. The summed E-state index contributed by atoms with van der Waals surface area (Å²) in [5.41, 5.74) is 6.17. The topological polar surface area (TPSA) is 89.4 Å². The monoisotopic (exact) mass is 586 g/mol. The molecule has 2 N–H and O–H groups in total. The molecule has 0 aromatic heterocycles. The standard InChI is InChI=1S/C36H46N2O5/c1-26(20-21-38-36(40)42-25-28-11-5-4-6-12-28)43-33-19-18-31(23-32-17-7-8-22-41-32)34(24-33)35(37-3)30-15-9-13-29(27(2)39)14-10-16-30/h4-6,9,11-13,15-16,18-19,24,26-27,32,39H,7-8,10,14,17,20-23,25H2,1-3H3,(H,38,40)/b15-9-,29-13+,30-16-,37-35-/t26-,27?,32?/m1/s1. The van der Waals surface area contributed by atoms with Crippen LogP contribution in [0.5, 0.6) is 5.75 Å². The molecular formula is C36H46N2O5. The molecule has 2 aliphatic rings. The van der Waals surface area contributed by atoms with Gasteiger partial charge in [-0.15, -0.1) is 0 Å². The minimum atomic E-state index is -0.452. The second kappa shape index (κ2) is 16.8. The number of benzene rings is 2. The average molecular weight is 587 g/mol. The molecule has 2 aromatic rings. The number of allylic oxidation sites excluding steroid dienone is 5. The number of aliphatic hydroxyl groups excluding tert-OH is 1. The van der Waals surface area contributed by atoms with E-state index in [0.29, 0.717) is 13.0 Å². The summed E-state index contributed by atoms with van der Waals surface area (Å²) in [6, 6.07) is 15.9. The lowest BCUT2D eigenvalue weighted by Gasteiger charge is -2.25. The zero-order valence-electron chi connectivity index (χ0n) is 25.8. The van der Waals surface area contributed by atoms with Crippen LogP contribution in [0.2, 0.25) is 0 Å². The largest absolute Gasteiger partial charge is 0.491 e. The molecule has 1 saturated heterocycles. The molecule has 7 heteroatoms. The maximum Gasteiger partial charge on any atom is 0.407 e. The highest BCUT2D eigenvalue weighted by Gasteiger charge is 2.20. The van der Waals surface area contributed by atoms with Crippen LogP contribution in [0.3, 0.4) is 0 Å². The molecule has 43 heavy (non-hydrogen) atoms. The number of aliphatic hydroxyl groups is 1. The molecule has 2 unspecified atom stereocenters. The lowest BCUT2D eigenvalue weighted by molar-refractivity contribution is 0.0167. The molecule has 0 spiro atoms. The van der Waals surface area contributed by atoms with E-state index in [4.69, 9.17) is 19.2 Å². The Balaban J connectivity index is 1.43. The first-order valence-electron chi connectivity index (χ1n) is 15.5. The third-order valence-electron chi connectivity index (χ3n) is 7.85. The fourth-order valence-corrected chi connectivity index (χ4v) is 5.43. The van der Waals surface area contributed by atoms with Gasteiger partial charge >= 0.3 is 6.09 Å². The summed E-state index contributed by atoms with van der Waals surface area (Å²) in [4.78, 5) is 16.9. The number of nitrogens with zero attached hydrogens (tertiary/aromatic N) is 1. The van der Waals surface area contributed by atoms with Crippen LogP contribution in [0.25, 0.3) is 0 Å². The molecule has 3 atom stereocenters. The first kappa shape index (κ1) is 32.2. The molecule has 1 aliphatic carbocycles. The third kappa shape index (κ3) is 10.2. The van der Waals surface area contributed by atoms with Gasteiger partial charge in [0.25, 0.3) is 0 Å². The van der Waals surface area contributed by atoms with Crippen LogP contribution in [0.4, 0.5) is 4.79 Å². The predicted molar refractivity (Wildman–Crippen MR) is 172 cm³/mol. The zero-order chi connectivity index (χ0) is 30.4. The van der Waals surface area contributed by atoms with Crippen LogP contribution in [-0.2, 0) is 22.5 Å². The van der Waals surface area contributed by atoms with E-state index in [9.17, 15) is 9.90 Å². The molecule has 0 bridgehead atoms. The summed E-state index contributed by atoms with van der Waals surface area (Å²) >= 11 is 0. The molecule has 0 saturated carbocycles. The lowest BCUT2D eigenvalue weighted by Crippen LogP contribution is -2.28. The fourth-order valence-electron chi connectivity index (χ4n) is 5.43. The fraction of sp³-hybridized carbons (Fsp3) is 0.444. The van der Waals surface area contributed by atoms with Gasteiger partial charge in [-0.2, -0.15) is 0 Å². The van der Waals surface area contributed by atoms with Gasteiger partial charge in [-0.25, -0.2) is 4.79 Å². The second-order valence-corrected chi connectivity index (χ2v) is 11.3. The minimum absolute atomic E-state index is 0.124. The van der Waals surface area contributed by atoms with Crippen molar-refractivity contribution in [3.63, 3.8) is 0 Å². The number of amides is 1. The van der Waals surface area contributed by atoms with Crippen molar-refractivity contribution in [1.29, 1.82) is 0 Å². The summed E-state index contributed by atoms with van der Waals surface area (Å²) < 4.78 is 17.7. The Morgan fingerprint density at radius 2 is 2.00 bits per heavy atom. The Bertz CT molecular complexity index is 1310. The van der Waals surface area contributed by atoms with E-state index in [1.165, 1.54) is 12.0 Å². The third-order valence-corrected chi connectivity index (χ3v) is 7.85. The van der Waals surface area contributed by atoms with Crippen molar-refractivity contribution in [2.24, 2.45) is 4.99 Å². The van der Waals surface area contributed by atoms with Gasteiger partial charge < -0.3 is 24.6 Å². The van der Waals surface area contributed by atoms with Crippen molar-refractivity contribution in [3.8, 4) is 5.75 Å². The number of aliphatic imine (C=N–C) groups is 1. The van der Waals surface area contributed by atoms with Crippen molar-refractivity contribution in [2.45, 2.75) is 83.7 Å². The maximum absolute atomic E-state index is 12.1. The number of hydrogen-bond acceptors (Lipinski definition) is 6. The van der Waals surface area contributed by atoms with Gasteiger partial charge in [-0.05, 0) is 86.8 Å². The molecule has 230 valence electrons. The zero-order valence-corrected chi connectivity index (χ0v) is 25.8. The molecule has 0 radical (unpaired) electrons. The van der Waals surface area contributed by atoms with Gasteiger partial charge in [0.05, 0.1) is 24.0 Å². The van der Waals surface area contributed by atoms with Crippen LogP contribution < -0.4 is 10.1 Å². The number of carbonyl (C=O) groups is 1. The van der Waals surface area contributed by atoms with Crippen LogP contribution in [0, 0.1) is 0 Å². The number of carbonyl (C=O) groups excluding carboxylic acids is 1. The second-order valence-electron chi connectivity index (χ2n) is 11.3. The van der Waals surface area contributed by atoms with Crippen molar-refractivity contribution in [2.75, 3.05) is 20.2 Å². The lowest BCUT2D eigenvalue weighted by atomic mass is 9.90. The molecule has 7 nitrogen and oxygen atoms in total. The Labute approximate surface area is 256 Å². The molecule has 4 rings (SSSR count). The first-order chi connectivity index (χ1) is 20.9. The highest BCUT2D eigenvalue weighted by atomic mass is 16.5. The summed E-state index contributed by atoms with van der Waals surface area (Å²) in [5, 5.41) is 12.9. The highest BCUT2D eigenvalue weighted by molar-refractivity contribution is 6.15. The average Bonchev–Trinajstić information content (AvgIpc) is 2.99. The maximum atomic E-state index is 12.1. The molecular weight excluding hydrogens is 540 g/mol. The number of nitrogens with one attached hydrogen (secondary N) is 1. The number of ether oxygens (including phenoxy) is 3.